The number of sulfonamides is 1. The first kappa shape index (κ1) is 14.5. The number of rotatable bonds is 6. The van der Waals surface area contributed by atoms with Gasteiger partial charge in [-0.1, -0.05) is 6.92 Å². The Labute approximate surface area is 107 Å². The van der Waals surface area contributed by atoms with Gasteiger partial charge < -0.3 is 0 Å². The normalized spacial score (nSPS) is 12.0. The fourth-order valence-corrected chi connectivity index (χ4v) is 3.38. The maximum atomic E-state index is 12.1. The summed E-state index contributed by atoms with van der Waals surface area (Å²) >= 11 is 5.64. The highest BCUT2D eigenvalue weighted by atomic mass is 35.5. The van der Waals surface area contributed by atoms with Crippen molar-refractivity contribution in [1.29, 1.82) is 0 Å². The smallest absolute Gasteiger partial charge is 0.244 e. The van der Waals surface area contributed by atoms with E-state index in [1.807, 2.05) is 6.92 Å². The summed E-state index contributed by atoms with van der Waals surface area (Å²) in [5, 5.41) is 4.19. The van der Waals surface area contributed by atoms with Crippen molar-refractivity contribution in [3.8, 4) is 0 Å². The quantitative estimate of drug-likeness (QED) is 0.801. The van der Waals surface area contributed by atoms with Crippen molar-refractivity contribution in [1.82, 2.24) is 14.5 Å². The molecule has 0 aliphatic carbocycles. The molecule has 1 aromatic rings. The number of alkyl halides is 1. The van der Waals surface area contributed by atoms with Crippen molar-refractivity contribution in [3.05, 3.63) is 11.4 Å². The Morgan fingerprint density at radius 1 is 1.41 bits per heavy atom. The fraction of sp³-hybridized carbons (Fsp3) is 0.700. The number of aromatic nitrogens is 2. The van der Waals surface area contributed by atoms with Gasteiger partial charge in [-0.05, 0) is 20.3 Å². The number of nitrogens with one attached hydrogen (secondary N) is 1. The molecule has 0 aliphatic rings. The van der Waals surface area contributed by atoms with Gasteiger partial charge in [0.25, 0.3) is 0 Å². The molecule has 0 amide bonds. The molecule has 0 saturated carbocycles. The second-order valence-electron chi connectivity index (χ2n) is 3.81. The molecule has 17 heavy (non-hydrogen) atoms. The molecule has 0 aliphatic heterocycles. The minimum atomic E-state index is -3.46. The van der Waals surface area contributed by atoms with E-state index in [4.69, 9.17) is 11.6 Å². The standard InChI is InChI=1S/C10H18ClN3O2S/c1-4-6-12-17(15,16)10-8(2)13-14(7-5-11)9(10)3/h12H,4-7H2,1-3H3. The van der Waals surface area contributed by atoms with Gasteiger partial charge in [-0.2, -0.15) is 5.10 Å². The summed E-state index contributed by atoms with van der Waals surface area (Å²) in [6.45, 7) is 6.30. The summed E-state index contributed by atoms with van der Waals surface area (Å²) in [5.41, 5.74) is 1.14. The summed E-state index contributed by atoms with van der Waals surface area (Å²) in [6, 6.07) is 0. The molecular weight excluding hydrogens is 262 g/mol. The molecule has 0 spiro atoms. The van der Waals surface area contributed by atoms with Crippen LogP contribution in [-0.4, -0.2) is 30.6 Å². The first-order valence-corrected chi connectivity index (χ1v) is 7.55. The molecule has 1 N–H and O–H groups in total. The summed E-state index contributed by atoms with van der Waals surface area (Å²) in [4.78, 5) is 0.274. The average Bonchev–Trinajstić information content (AvgIpc) is 2.52. The van der Waals surface area contributed by atoms with Gasteiger partial charge in [0.15, 0.2) is 0 Å². The third-order valence-corrected chi connectivity index (χ3v) is 4.30. The predicted octanol–water partition coefficient (Wildman–Crippen LogP) is 1.43. The molecule has 1 aromatic heterocycles. The van der Waals surface area contributed by atoms with Crippen LogP contribution in [0.25, 0.3) is 0 Å². The molecule has 1 heterocycles. The van der Waals surface area contributed by atoms with E-state index in [0.717, 1.165) is 6.42 Å². The van der Waals surface area contributed by atoms with Crippen LogP contribution in [-0.2, 0) is 16.6 Å². The average molecular weight is 280 g/mol. The maximum Gasteiger partial charge on any atom is 0.244 e. The van der Waals surface area contributed by atoms with E-state index >= 15 is 0 Å². The largest absolute Gasteiger partial charge is 0.267 e. The number of nitrogens with zero attached hydrogens (tertiary/aromatic N) is 2. The van der Waals surface area contributed by atoms with Gasteiger partial charge in [0, 0.05) is 12.4 Å². The van der Waals surface area contributed by atoms with E-state index in [9.17, 15) is 8.42 Å². The highest BCUT2D eigenvalue weighted by Gasteiger charge is 2.23. The molecule has 0 aromatic carbocycles. The molecule has 0 atom stereocenters. The monoisotopic (exact) mass is 279 g/mol. The molecule has 0 unspecified atom stereocenters. The van der Waals surface area contributed by atoms with E-state index in [0.29, 0.717) is 30.4 Å². The van der Waals surface area contributed by atoms with Crippen LogP contribution in [0.4, 0.5) is 0 Å². The summed E-state index contributed by atoms with van der Waals surface area (Å²) in [5.74, 6) is 0.407. The third-order valence-electron chi connectivity index (χ3n) is 2.42. The highest BCUT2D eigenvalue weighted by Crippen LogP contribution is 2.19. The van der Waals surface area contributed by atoms with E-state index in [2.05, 4.69) is 9.82 Å². The molecular formula is C10H18ClN3O2S. The summed E-state index contributed by atoms with van der Waals surface area (Å²) in [7, 11) is -3.46. The van der Waals surface area contributed by atoms with Crippen molar-refractivity contribution in [2.24, 2.45) is 0 Å². The molecule has 0 fully saturated rings. The van der Waals surface area contributed by atoms with E-state index in [1.54, 1.807) is 18.5 Å². The molecule has 0 saturated heterocycles. The number of hydrogen-bond donors (Lipinski definition) is 1. The van der Waals surface area contributed by atoms with Gasteiger partial charge in [0.2, 0.25) is 10.0 Å². The minimum Gasteiger partial charge on any atom is -0.267 e. The fourth-order valence-electron chi connectivity index (χ4n) is 1.68. The maximum absolute atomic E-state index is 12.1. The molecule has 1 rings (SSSR count). The SMILES string of the molecule is CCCNS(=O)(=O)c1c(C)nn(CCCl)c1C. The Kier molecular flexibility index (Phi) is 4.97. The van der Waals surface area contributed by atoms with E-state index in [1.165, 1.54) is 0 Å². The zero-order valence-corrected chi connectivity index (χ0v) is 11.9. The van der Waals surface area contributed by atoms with Gasteiger partial charge in [0.1, 0.15) is 4.90 Å². The van der Waals surface area contributed by atoms with Gasteiger partial charge in [0.05, 0.1) is 17.9 Å². The van der Waals surface area contributed by atoms with Crippen LogP contribution < -0.4 is 4.72 Å². The lowest BCUT2D eigenvalue weighted by Gasteiger charge is -2.06. The zero-order valence-electron chi connectivity index (χ0n) is 10.3. The van der Waals surface area contributed by atoms with Crippen molar-refractivity contribution >= 4 is 21.6 Å². The van der Waals surface area contributed by atoms with Gasteiger partial charge in [-0.15, -0.1) is 11.6 Å². The van der Waals surface area contributed by atoms with Crippen LogP contribution in [0.5, 0.6) is 0 Å². The number of halogens is 1. The molecule has 0 radical (unpaired) electrons. The van der Waals surface area contributed by atoms with Crippen molar-refractivity contribution in [2.75, 3.05) is 12.4 Å². The van der Waals surface area contributed by atoms with Crippen LogP contribution in [0.15, 0.2) is 4.90 Å². The second kappa shape index (κ2) is 5.84. The topological polar surface area (TPSA) is 64.0 Å². The molecule has 7 heteroatoms. The Balaban J connectivity index is 3.13. The van der Waals surface area contributed by atoms with Gasteiger partial charge in [-0.3, -0.25) is 4.68 Å². The van der Waals surface area contributed by atoms with Gasteiger partial charge >= 0.3 is 0 Å². The number of hydrogen-bond acceptors (Lipinski definition) is 3. The minimum absolute atomic E-state index is 0.274. The van der Waals surface area contributed by atoms with Crippen LogP contribution >= 0.6 is 11.6 Å². The van der Waals surface area contributed by atoms with E-state index < -0.39 is 10.0 Å². The van der Waals surface area contributed by atoms with Crippen LogP contribution in [0.2, 0.25) is 0 Å². The lowest BCUT2D eigenvalue weighted by molar-refractivity contribution is 0.578. The lowest BCUT2D eigenvalue weighted by atomic mass is 10.4. The molecule has 98 valence electrons. The van der Waals surface area contributed by atoms with Gasteiger partial charge in [-0.25, -0.2) is 13.1 Å². The highest BCUT2D eigenvalue weighted by molar-refractivity contribution is 7.89. The summed E-state index contributed by atoms with van der Waals surface area (Å²) < 4.78 is 28.3. The lowest BCUT2D eigenvalue weighted by Crippen LogP contribution is -2.25. The van der Waals surface area contributed by atoms with Crippen LogP contribution in [0, 0.1) is 13.8 Å². The third kappa shape index (κ3) is 3.20. The van der Waals surface area contributed by atoms with Crippen LogP contribution in [0.1, 0.15) is 24.7 Å². The predicted molar refractivity (Wildman–Crippen MR) is 67.9 cm³/mol. The van der Waals surface area contributed by atoms with Crippen molar-refractivity contribution < 1.29 is 8.42 Å². The Morgan fingerprint density at radius 3 is 2.59 bits per heavy atom. The number of aryl methyl sites for hydroxylation is 2. The summed E-state index contributed by atoms with van der Waals surface area (Å²) in [6.07, 6.45) is 0.757. The Bertz CT molecular complexity index is 482. The second-order valence-corrected chi connectivity index (χ2v) is 5.89. The Morgan fingerprint density at radius 2 is 2.06 bits per heavy atom. The first-order valence-electron chi connectivity index (χ1n) is 5.53. The Hall–Kier alpha value is -0.590. The van der Waals surface area contributed by atoms with Crippen molar-refractivity contribution in [3.63, 3.8) is 0 Å². The molecule has 5 nitrogen and oxygen atoms in total. The van der Waals surface area contributed by atoms with E-state index in [-0.39, 0.29) is 4.90 Å². The van der Waals surface area contributed by atoms with Crippen molar-refractivity contribution in [2.45, 2.75) is 38.6 Å². The van der Waals surface area contributed by atoms with Crippen LogP contribution in [0.3, 0.4) is 0 Å². The molecule has 0 bridgehead atoms. The zero-order chi connectivity index (χ0) is 13.1. The first-order chi connectivity index (χ1) is 7.94.